The van der Waals surface area contributed by atoms with Crippen LogP contribution in [0.5, 0.6) is 0 Å². The van der Waals surface area contributed by atoms with Crippen LogP contribution in [0.2, 0.25) is 0 Å². The summed E-state index contributed by atoms with van der Waals surface area (Å²) in [4.78, 5) is 2.29. The van der Waals surface area contributed by atoms with Gasteiger partial charge in [0.2, 0.25) is 0 Å². The van der Waals surface area contributed by atoms with E-state index in [9.17, 15) is 8.78 Å². The number of halogens is 2. The van der Waals surface area contributed by atoms with Gasteiger partial charge < -0.3 is 5.73 Å². The maximum Gasteiger partial charge on any atom is 0.263 e. The standard InChI is InChI=1S/C14H20F2N2/c1-10-6-7-18(9-13(10)17)8-11-2-4-12(5-3-11)14(15)16/h2-5,10,13-14H,6-9,17H2,1H3. The van der Waals surface area contributed by atoms with Gasteiger partial charge in [-0.15, -0.1) is 0 Å². The van der Waals surface area contributed by atoms with Crippen molar-refractivity contribution in [3.8, 4) is 0 Å². The predicted octanol–water partition coefficient (Wildman–Crippen LogP) is 2.79. The first-order valence-electron chi connectivity index (χ1n) is 6.41. The number of hydrogen-bond donors (Lipinski definition) is 1. The zero-order valence-electron chi connectivity index (χ0n) is 10.7. The Kier molecular flexibility index (Phi) is 4.30. The van der Waals surface area contributed by atoms with Crippen molar-refractivity contribution in [3.05, 3.63) is 35.4 Å². The van der Waals surface area contributed by atoms with E-state index >= 15 is 0 Å². The lowest BCUT2D eigenvalue weighted by Gasteiger charge is -2.35. The summed E-state index contributed by atoms with van der Waals surface area (Å²) in [6.45, 7) is 4.90. The topological polar surface area (TPSA) is 29.3 Å². The molecule has 1 aliphatic rings. The van der Waals surface area contributed by atoms with Crippen LogP contribution in [0.15, 0.2) is 24.3 Å². The van der Waals surface area contributed by atoms with Crippen molar-refractivity contribution >= 4 is 0 Å². The van der Waals surface area contributed by atoms with Crippen molar-refractivity contribution < 1.29 is 8.78 Å². The third-order valence-electron chi connectivity index (χ3n) is 3.74. The van der Waals surface area contributed by atoms with E-state index in [0.717, 1.165) is 31.6 Å². The molecule has 0 saturated carbocycles. The Labute approximate surface area is 107 Å². The Hall–Kier alpha value is -1.00. The second-order valence-corrected chi connectivity index (χ2v) is 5.21. The molecule has 2 nitrogen and oxygen atoms in total. The molecule has 1 saturated heterocycles. The van der Waals surface area contributed by atoms with Gasteiger partial charge in [-0.1, -0.05) is 31.2 Å². The second kappa shape index (κ2) is 5.76. The quantitative estimate of drug-likeness (QED) is 0.898. The molecule has 2 rings (SSSR count). The molecule has 4 heteroatoms. The van der Waals surface area contributed by atoms with Gasteiger partial charge in [-0.05, 0) is 24.4 Å². The monoisotopic (exact) mass is 254 g/mol. The average molecular weight is 254 g/mol. The minimum Gasteiger partial charge on any atom is -0.326 e. The molecule has 18 heavy (non-hydrogen) atoms. The van der Waals surface area contributed by atoms with Crippen LogP contribution in [0.25, 0.3) is 0 Å². The molecule has 2 atom stereocenters. The highest BCUT2D eigenvalue weighted by molar-refractivity contribution is 5.23. The van der Waals surface area contributed by atoms with E-state index in [-0.39, 0.29) is 11.6 Å². The normalized spacial score (nSPS) is 25.6. The van der Waals surface area contributed by atoms with Gasteiger partial charge >= 0.3 is 0 Å². The highest BCUT2D eigenvalue weighted by Crippen LogP contribution is 2.21. The second-order valence-electron chi connectivity index (χ2n) is 5.21. The Morgan fingerprint density at radius 2 is 2.00 bits per heavy atom. The Morgan fingerprint density at radius 1 is 1.33 bits per heavy atom. The zero-order chi connectivity index (χ0) is 13.1. The van der Waals surface area contributed by atoms with Crippen molar-refractivity contribution in [1.82, 2.24) is 4.90 Å². The summed E-state index contributed by atoms with van der Waals surface area (Å²) in [5.74, 6) is 0.572. The van der Waals surface area contributed by atoms with Crippen LogP contribution in [0.1, 0.15) is 30.9 Å². The van der Waals surface area contributed by atoms with Crippen LogP contribution in [0, 0.1) is 5.92 Å². The van der Waals surface area contributed by atoms with E-state index in [4.69, 9.17) is 5.73 Å². The molecule has 0 aliphatic carbocycles. The van der Waals surface area contributed by atoms with Crippen LogP contribution in [0.3, 0.4) is 0 Å². The Morgan fingerprint density at radius 3 is 2.56 bits per heavy atom. The predicted molar refractivity (Wildman–Crippen MR) is 68.4 cm³/mol. The molecule has 1 heterocycles. The number of nitrogens with two attached hydrogens (primary N) is 1. The van der Waals surface area contributed by atoms with E-state index < -0.39 is 6.43 Å². The summed E-state index contributed by atoms with van der Waals surface area (Å²) in [6, 6.07) is 6.80. The highest BCUT2D eigenvalue weighted by atomic mass is 19.3. The first-order valence-corrected chi connectivity index (χ1v) is 6.41. The molecule has 1 aromatic carbocycles. The molecule has 1 aromatic rings. The molecule has 1 aliphatic heterocycles. The van der Waals surface area contributed by atoms with Gasteiger partial charge in [0.15, 0.2) is 0 Å². The first-order chi connectivity index (χ1) is 8.56. The molecule has 0 aromatic heterocycles. The van der Waals surface area contributed by atoms with Gasteiger partial charge in [0.25, 0.3) is 6.43 Å². The lowest BCUT2D eigenvalue weighted by atomic mass is 9.94. The largest absolute Gasteiger partial charge is 0.326 e. The van der Waals surface area contributed by atoms with Gasteiger partial charge in [0.05, 0.1) is 0 Å². The maximum atomic E-state index is 12.4. The van der Waals surface area contributed by atoms with E-state index in [1.807, 2.05) is 0 Å². The summed E-state index contributed by atoms with van der Waals surface area (Å²) in [5.41, 5.74) is 7.20. The van der Waals surface area contributed by atoms with E-state index in [1.54, 1.807) is 12.1 Å². The summed E-state index contributed by atoms with van der Waals surface area (Å²) >= 11 is 0. The molecule has 0 bridgehead atoms. The SMILES string of the molecule is CC1CCN(Cc2ccc(C(F)F)cc2)CC1N. The number of alkyl halides is 2. The van der Waals surface area contributed by atoms with E-state index in [0.29, 0.717) is 5.92 Å². The minimum absolute atomic E-state index is 0.0858. The van der Waals surface area contributed by atoms with Gasteiger partial charge in [-0.3, -0.25) is 4.90 Å². The summed E-state index contributed by atoms with van der Waals surface area (Å²) in [7, 11) is 0. The van der Waals surface area contributed by atoms with Crippen LogP contribution in [-0.4, -0.2) is 24.0 Å². The van der Waals surface area contributed by atoms with Crippen molar-refractivity contribution in [2.45, 2.75) is 32.4 Å². The first kappa shape index (κ1) is 13.4. The van der Waals surface area contributed by atoms with E-state index in [2.05, 4.69) is 11.8 Å². The van der Waals surface area contributed by atoms with E-state index in [1.165, 1.54) is 12.1 Å². The summed E-state index contributed by atoms with van der Waals surface area (Å²) in [6.07, 6.45) is -1.28. The maximum absolute atomic E-state index is 12.4. The summed E-state index contributed by atoms with van der Waals surface area (Å²) < 4.78 is 24.8. The fourth-order valence-corrected chi connectivity index (χ4v) is 2.34. The Bertz CT molecular complexity index is 378. The van der Waals surface area contributed by atoms with Gasteiger partial charge in [-0.25, -0.2) is 8.78 Å². The summed E-state index contributed by atoms with van der Waals surface area (Å²) in [5, 5.41) is 0. The number of likely N-dealkylation sites (tertiary alicyclic amines) is 1. The molecule has 0 spiro atoms. The van der Waals surface area contributed by atoms with Crippen LogP contribution in [0.4, 0.5) is 8.78 Å². The van der Waals surface area contributed by atoms with Crippen LogP contribution in [-0.2, 0) is 6.54 Å². The van der Waals surface area contributed by atoms with Crippen molar-refractivity contribution in [2.24, 2.45) is 11.7 Å². The fourth-order valence-electron chi connectivity index (χ4n) is 2.34. The van der Waals surface area contributed by atoms with Crippen molar-refractivity contribution in [2.75, 3.05) is 13.1 Å². The fraction of sp³-hybridized carbons (Fsp3) is 0.571. The van der Waals surface area contributed by atoms with Gasteiger partial charge in [0, 0.05) is 24.7 Å². The molecule has 0 radical (unpaired) electrons. The molecule has 1 fully saturated rings. The van der Waals surface area contributed by atoms with Gasteiger partial charge in [-0.2, -0.15) is 0 Å². The lowest BCUT2D eigenvalue weighted by molar-refractivity contribution is 0.151. The lowest BCUT2D eigenvalue weighted by Crippen LogP contribution is -2.47. The molecular weight excluding hydrogens is 234 g/mol. The number of hydrogen-bond acceptors (Lipinski definition) is 2. The smallest absolute Gasteiger partial charge is 0.263 e. The highest BCUT2D eigenvalue weighted by Gasteiger charge is 2.22. The average Bonchev–Trinajstić information content (AvgIpc) is 2.34. The molecule has 2 N–H and O–H groups in total. The minimum atomic E-state index is -2.39. The van der Waals surface area contributed by atoms with Crippen LogP contribution >= 0.6 is 0 Å². The molecular formula is C14H20F2N2. The number of benzene rings is 1. The third-order valence-corrected chi connectivity index (χ3v) is 3.74. The number of nitrogens with zero attached hydrogens (tertiary/aromatic N) is 1. The molecule has 2 unspecified atom stereocenters. The molecule has 0 amide bonds. The van der Waals surface area contributed by atoms with Gasteiger partial charge in [0.1, 0.15) is 0 Å². The Balaban J connectivity index is 1.93. The van der Waals surface area contributed by atoms with Crippen molar-refractivity contribution in [3.63, 3.8) is 0 Å². The third kappa shape index (κ3) is 3.27. The van der Waals surface area contributed by atoms with Crippen LogP contribution < -0.4 is 5.73 Å². The molecule has 100 valence electrons. The number of rotatable bonds is 3. The van der Waals surface area contributed by atoms with Crippen molar-refractivity contribution in [1.29, 1.82) is 0 Å². The zero-order valence-corrected chi connectivity index (χ0v) is 10.7. The number of piperidine rings is 1.